The maximum absolute atomic E-state index is 12.2. The minimum Gasteiger partial charge on any atom is -0.296 e. The zero-order chi connectivity index (χ0) is 16.4. The number of benzene rings is 1. The summed E-state index contributed by atoms with van der Waals surface area (Å²) in [6, 6.07) is 10.3. The molecule has 0 fully saturated rings. The minimum absolute atomic E-state index is 0.00412. The number of rotatable bonds is 5. The third-order valence-electron chi connectivity index (χ3n) is 3.94. The maximum atomic E-state index is 12.2. The molecule has 0 spiro atoms. The number of aryl methyl sites for hydroxylation is 2. The third kappa shape index (κ3) is 3.51. The van der Waals surface area contributed by atoms with E-state index in [0.29, 0.717) is 6.54 Å². The highest BCUT2D eigenvalue weighted by Gasteiger charge is 2.09. The lowest BCUT2D eigenvalue weighted by molar-refractivity contribution is 0.315. The molecule has 0 aliphatic heterocycles. The molecule has 0 bridgehead atoms. The van der Waals surface area contributed by atoms with E-state index in [-0.39, 0.29) is 5.56 Å². The van der Waals surface area contributed by atoms with Gasteiger partial charge in [0.2, 0.25) is 0 Å². The van der Waals surface area contributed by atoms with E-state index in [2.05, 4.69) is 48.1 Å². The van der Waals surface area contributed by atoms with E-state index in [4.69, 9.17) is 0 Å². The van der Waals surface area contributed by atoms with Crippen LogP contribution in [0.25, 0.3) is 4.96 Å². The Morgan fingerprint density at radius 2 is 1.87 bits per heavy atom. The lowest BCUT2D eigenvalue weighted by atomic mass is 10.1. The van der Waals surface area contributed by atoms with Crippen LogP contribution in [0.3, 0.4) is 0 Å². The van der Waals surface area contributed by atoms with E-state index in [9.17, 15) is 4.79 Å². The fourth-order valence-corrected chi connectivity index (χ4v) is 3.60. The Bertz CT molecular complexity index is 864. The van der Waals surface area contributed by atoms with Gasteiger partial charge in [-0.3, -0.25) is 14.1 Å². The van der Waals surface area contributed by atoms with Crippen LogP contribution in [-0.4, -0.2) is 21.3 Å². The van der Waals surface area contributed by atoms with Crippen LogP contribution < -0.4 is 5.56 Å². The summed E-state index contributed by atoms with van der Waals surface area (Å²) in [5, 5.41) is 1.96. The third-order valence-corrected chi connectivity index (χ3v) is 4.89. The summed E-state index contributed by atoms with van der Waals surface area (Å²) in [5.74, 6) is 0. The average molecular weight is 327 g/mol. The van der Waals surface area contributed by atoms with Crippen molar-refractivity contribution in [3.8, 4) is 0 Å². The number of hydrogen-bond donors (Lipinski definition) is 0. The van der Waals surface area contributed by atoms with Gasteiger partial charge in [-0.25, -0.2) is 4.98 Å². The second kappa shape index (κ2) is 6.64. The molecule has 0 saturated heterocycles. The number of hydrogen-bond acceptors (Lipinski definition) is 4. The van der Waals surface area contributed by atoms with Crippen LogP contribution in [0.4, 0.5) is 0 Å². The fourth-order valence-electron chi connectivity index (χ4n) is 2.71. The largest absolute Gasteiger partial charge is 0.296 e. The molecule has 0 saturated carbocycles. The monoisotopic (exact) mass is 327 g/mol. The predicted octanol–water partition coefficient (Wildman–Crippen LogP) is 3.26. The average Bonchev–Trinajstić information content (AvgIpc) is 2.89. The second-order valence-corrected chi connectivity index (χ2v) is 6.76. The molecule has 0 amide bonds. The van der Waals surface area contributed by atoms with Gasteiger partial charge in [-0.2, -0.15) is 0 Å². The standard InChI is InChI=1S/C18H21N3OS/c1-4-14-5-7-15(8-6-14)10-20(3)11-16-9-17(22)21-13(2)12-23-18(21)19-16/h5-9,12H,4,10-11H2,1-3H3. The molecule has 2 aromatic heterocycles. The first kappa shape index (κ1) is 15.9. The van der Waals surface area contributed by atoms with Crippen molar-refractivity contribution in [1.29, 1.82) is 0 Å². The SMILES string of the molecule is CCc1ccc(CN(C)Cc2cc(=O)n3c(C)csc3n2)cc1. The molecule has 0 unspecified atom stereocenters. The summed E-state index contributed by atoms with van der Waals surface area (Å²) >= 11 is 1.51. The molecule has 0 aliphatic rings. The highest BCUT2D eigenvalue weighted by molar-refractivity contribution is 7.15. The van der Waals surface area contributed by atoms with Gasteiger partial charge in [0.15, 0.2) is 4.96 Å². The number of fused-ring (bicyclic) bond motifs is 1. The number of nitrogens with zero attached hydrogens (tertiary/aromatic N) is 3. The van der Waals surface area contributed by atoms with Crippen molar-refractivity contribution < 1.29 is 0 Å². The smallest absolute Gasteiger partial charge is 0.259 e. The van der Waals surface area contributed by atoms with Gasteiger partial charge in [-0.1, -0.05) is 31.2 Å². The second-order valence-electron chi connectivity index (χ2n) is 5.92. The number of thiazole rings is 1. The Morgan fingerprint density at radius 1 is 1.17 bits per heavy atom. The van der Waals surface area contributed by atoms with Gasteiger partial charge in [0, 0.05) is 30.2 Å². The van der Waals surface area contributed by atoms with Crippen LogP contribution in [0.5, 0.6) is 0 Å². The van der Waals surface area contributed by atoms with Crippen LogP contribution in [-0.2, 0) is 19.5 Å². The Labute approximate surface area is 140 Å². The molecule has 120 valence electrons. The molecular formula is C18H21N3OS. The molecule has 0 radical (unpaired) electrons. The molecular weight excluding hydrogens is 306 g/mol. The van der Waals surface area contributed by atoms with Crippen molar-refractivity contribution >= 4 is 16.3 Å². The van der Waals surface area contributed by atoms with Crippen LogP contribution in [0.1, 0.15) is 29.4 Å². The molecule has 2 heterocycles. The van der Waals surface area contributed by atoms with Crippen LogP contribution in [0, 0.1) is 6.92 Å². The Morgan fingerprint density at radius 3 is 2.57 bits per heavy atom. The van der Waals surface area contributed by atoms with Crippen LogP contribution in [0.15, 0.2) is 40.5 Å². The van der Waals surface area contributed by atoms with Crippen molar-refractivity contribution in [3.63, 3.8) is 0 Å². The van der Waals surface area contributed by atoms with Crippen LogP contribution >= 0.6 is 11.3 Å². The van der Waals surface area contributed by atoms with Crippen molar-refractivity contribution in [2.24, 2.45) is 0 Å². The first-order chi connectivity index (χ1) is 11.1. The molecule has 3 rings (SSSR count). The van der Waals surface area contributed by atoms with Crippen LogP contribution in [0.2, 0.25) is 0 Å². The Balaban J connectivity index is 1.74. The lowest BCUT2D eigenvalue weighted by Gasteiger charge is -2.16. The van der Waals surface area contributed by atoms with Crippen molar-refractivity contribution in [1.82, 2.24) is 14.3 Å². The Hall–Kier alpha value is -1.98. The van der Waals surface area contributed by atoms with Gasteiger partial charge >= 0.3 is 0 Å². The minimum atomic E-state index is 0.00412. The fraction of sp³-hybridized carbons (Fsp3) is 0.333. The quantitative estimate of drug-likeness (QED) is 0.722. The van der Waals surface area contributed by atoms with Gasteiger partial charge in [0.1, 0.15) is 0 Å². The zero-order valence-corrected chi connectivity index (χ0v) is 14.6. The predicted molar refractivity (Wildman–Crippen MR) is 95.1 cm³/mol. The van der Waals surface area contributed by atoms with E-state index in [0.717, 1.165) is 29.3 Å². The van der Waals surface area contributed by atoms with Crippen molar-refractivity contribution in [2.45, 2.75) is 33.4 Å². The summed E-state index contributed by atoms with van der Waals surface area (Å²) in [7, 11) is 2.05. The van der Waals surface area contributed by atoms with E-state index in [1.165, 1.54) is 22.5 Å². The molecule has 0 N–H and O–H groups in total. The highest BCUT2D eigenvalue weighted by Crippen LogP contribution is 2.13. The summed E-state index contributed by atoms with van der Waals surface area (Å²) in [6.07, 6.45) is 1.06. The van der Waals surface area contributed by atoms with E-state index < -0.39 is 0 Å². The first-order valence-corrected chi connectivity index (χ1v) is 8.68. The topological polar surface area (TPSA) is 37.6 Å². The molecule has 1 aromatic carbocycles. The van der Waals surface area contributed by atoms with Crippen molar-refractivity contribution in [2.75, 3.05) is 7.05 Å². The molecule has 0 aliphatic carbocycles. The van der Waals surface area contributed by atoms with Gasteiger partial charge in [0.25, 0.3) is 5.56 Å². The summed E-state index contributed by atoms with van der Waals surface area (Å²) in [6.45, 7) is 5.60. The first-order valence-electron chi connectivity index (χ1n) is 7.80. The molecule has 3 aromatic rings. The Kier molecular flexibility index (Phi) is 4.59. The van der Waals surface area contributed by atoms with E-state index in [1.807, 2.05) is 12.3 Å². The molecule has 23 heavy (non-hydrogen) atoms. The molecule has 0 atom stereocenters. The normalized spacial score (nSPS) is 11.5. The van der Waals surface area contributed by atoms with E-state index >= 15 is 0 Å². The van der Waals surface area contributed by atoms with Crippen molar-refractivity contribution in [3.05, 3.63) is 68.6 Å². The lowest BCUT2D eigenvalue weighted by Crippen LogP contribution is -2.21. The van der Waals surface area contributed by atoms with Gasteiger partial charge in [0.05, 0.1) is 5.69 Å². The highest BCUT2D eigenvalue weighted by atomic mass is 32.1. The summed E-state index contributed by atoms with van der Waals surface area (Å²) in [4.78, 5) is 19.8. The maximum Gasteiger partial charge on any atom is 0.259 e. The number of aromatic nitrogens is 2. The molecule has 5 heteroatoms. The van der Waals surface area contributed by atoms with E-state index in [1.54, 1.807) is 10.5 Å². The van der Waals surface area contributed by atoms with Gasteiger partial charge < -0.3 is 0 Å². The van der Waals surface area contributed by atoms with Gasteiger partial charge in [-0.15, -0.1) is 11.3 Å². The van der Waals surface area contributed by atoms with Gasteiger partial charge in [-0.05, 0) is 31.5 Å². The summed E-state index contributed by atoms with van der Waals surface area (Å²) < 4.78 is 1.66. The zero-order valence-electron chi connectivity index (χ0n) is 13.7. The summed E-state index contributed by atoms with van der Waals surface area (Å²) in [5.41, 5.74) is 4.39. The molecule has 4 nitrogen and oxygen atoms in total.